The highest BCUT2D eigenvalue weighted by Gasteiger charge is 2.18. The van der Waals surface area contributed by atoms with Gasteiger partial charge in [-0.15, -0.1) is 0 Å². The van der Waals surface area contributed by atoms with E-state index in [4.69, 9.17) is 0 Å². The molecular weight excluding hydrogens is 166 g/mol. The Kier molecular flexibility index (Phi) is 7.79. The molecule has 0 spiro atoms. The number of ether oxygens (including phenoxy) is 1. The van der Waals surface area contributed by atoms with Crippen molar-refractivity contribution >= 4 is 5.97 Å². The maximum Gasteiger partial charge on any atom is 0.364 e. The van der Waals surface area contributed by atoms with E-state index in [2.05, 4.69) is 24.3 Å². The summed E-state index contributed by atoms with van der Waals surface area (Å²) in [6, 6.07) is -0.204. The zero-order valence-corrected chi connectivity index (χ0v) is 8.02. The summed E-state index contributed by atoms with van der Waals surface area (Å²) in [6.07, 6.45) is 0.798. The number of halogens is 1. The van der Waals surface area contributed by atoms with E-state index in [-0.39, 0.29) is 24.4 Å². The van der Waals surface area contributed by atoms with Gasteiger partial charge in [0.05, 0.1) is 7.11 Å². The predicted octanol–water partition coefficient (Wildman–Crippen LogP) is -3.18. The summed E-state index contributed by atoms with van der Waals surface area (Å²) >= 11 is 0. The van der Waals surface area contributed by atoms with E-state index in [9.17, 15) is 4.79 Å². The van der Waals surface area contributed by atoms with Crippen LogP contribution in [-0.2, 0) is 9.53 Å². The van der Waals surface area contributed by atoms with Gasteiger partial charge in [0.25, 0.3) is 0 Å². The Morgan fingerprint density at radius 1 is 1.55 bits per heavy atom. The number of hydrogen-bond acceptors (Lipinski definition) is 2. The molecule has 0 saturated carbocycles. The molecule has 1 atom stereocenters. The van der Waals surface area contributed by atoms with Crippen LogP contribution in [0.2, 0.25) is 0 Å². The molecule has 4 heteroatoms. The van der Waals surface area contributed by atoms with Gasteiger partial charge in [0, 0.05) is 6.42 Å². The van der Waals surface area contributed by atoms with E-state index < -0.39 is 0 Å². The molecule has 0 amide bonds. The van der Waals surface area contributed by atoms with Crippen molar-refractivity contribution in [2.24, 2.45) is 5.92 Å². The van der Waals surface area contributed by atoms with Crippen LogP contribution in [0, 0.1) is 5.92 Å². The van der Waals surface area contributed by atoms with E-state index in [0.717, 1.165) is 6.42 Å². The summed E-state index contributed by atoms with van der Waals surface area (Å²) in [5.41, 5.74) is 3.67. The normalized spacial score (nSPS) is 12.1. The third-order valence-corrected chi connectivity index (χ3v) is 1.29. The second kappa shape index (κ2) is 6.43. The molecule has 0 radical (unpaired) electrons. The SMILES string of the molecule is COC(=O)C([NH3+])CC(C)C.[Cl-]. The van der Waals surface area contributed by atoms with E-state index in [1.807, 2.05) is 0 Å². The van der Waals surface area contributed by atoms with Gasteiger partial charge in [-0.3, -0.25) is 0 Å². The fourth-order valence-electron chi connectivity index (χ4n) is 0.832. The van der Waals surface area contributed by atoms with Gasteiger partial charge < -0.3 is 22.9 Å². The minimum atomic E-state index is -0.214. The molecule has 68 valence electrons. The Bertz CT molecular complexity index is 117. The van der Waals surface area contributed by atoms with Crippen LogP contribution >= 0.6 is 0 Å². The van der Waals surface area contributed by atoms with E-state index >= 15 is 0 Å². The molecule has 0 aliphatic heterocycles. The number of hydrogen-bond donors (Lipinski definition) is 1. The lowest BCUT2D eigenvalue weighted by Crippen LogP contribution is -3.00. The molecule has 0 heterocycles. The average Bonchev–Trinajstić information content (AvgIpc) is 1.85. The van der Waals surface area contributed by atoms with Crippen molar-refractivity contribution in [3.8, 4) is 0 Å². The van der Waals surface area contributed by atoms with E-state index in [0.29, 0.717) is 5.92 Å². The molecule has 1 unspecified atom stereocenters. The van der Waals surface area contributed by atoms with Crippen molar-refractivity contribution in [2.45, 2.75) is 26.3 Å². The van der Waals surface area contributed by atoms with Crippen molar-refractivity contribution < 1.29 is 27.7 Å². The van der Waals surface area contributed by atoms with Gasteiger partial charge in [-0.1, -0.05) is 13.8 Å². The number of carbonyl (C=O) groups is 1. The van der Waals surface area contributed by atoms with E-state index in [1.165, 1.54) is 7.11 Å². The maximum absolute atomic E-state index is 10.8. The minimum absolute atomic E-state index is 0. The quantitative estimate of drug-likeness (QED) is 0.467. The lowest BCUT2D eigenvalue weighted by Gasteiger charge is -2.07. The Labute approximate surface area is 73.7 Å². The summed E-state index contributed by atoms with van der Waals surface area (Å²) in [5.74, 6) is 0.287. The molecule has 3 nitrogen and oxygen atoms in total. The molecule has 0 aliphatic carbocycles. The lowest BCUT2D eigenvalue weighted by molar-refractivity contribution is -0.410. The van der Waals surface area contributed by atoms with Gasteiger partial charge in [0.2, 0.25) is 0 Å². The van der Waals surface area contributed by atoms with Gasteiger partial charge >= 0.3 is 5.97 Å². The van der Waals surface area contributed by atoms with Crippen molar-refractivity contribution in [3.63, 3.8) is 0 Å². The zero-order valence-electron chi connectivity index (χ0n) is 7.26. The lowest BCUT2D eigenvalue weighted by atomic mass is 10.1. The minimum Gasteiger partial charge on any atom is -1.00 e. The molecule has 0 aliphatic rings. The molecular formula is C7H16ClNO2. The molecule has 0 saturated heterocycles. The summed E-state index contributed by atoms with van der Waals surface area (Å²) in [6.45, 7) is 4.11. The fraction of sp³-hybridized carbons (Fsp3) is 0.857. The second-order valence-electron chi connectivity index (χ2n) is 2.85. The molecule has 11 heavy (non-hydrogen) atoms. The Hall–Kier alpha value is -0.280. The molecule has 3 N–H and O–H groups in total. The predicted molar refractivity (Wildman–Crippen MR) is 38.1 cm³/mol. The van der Waals surface area contributed by atoms with Crippen molar-refractivity contribution in [2.75, 3.05) is 7.11 Å². The van der Waals surface area contributed by atoms with Gasteiger partial charge in [-0.2, -0.15) is 0 Å². The second-order valence-corrected chi connectivity index (χ2v) is 2.85. The van der Waals surface area contributed by atoms with Crippen LogP contribution in [0.1, 0.15) is 20.3 Å². The van der Waals surface area contributed by atoms with Crippen LogP contribution in [0.4, 0.5) is 0 Å². The Morgan fingerprint density at radius 3 is 2.27 bits per heavy atom. The van der Waals surface area contributed by atoms with E-state index in [1.54, 1.807) is 0 Å². The topological polar surface area (TPSA) is 53.9 Å². The third-order valence-electron chi connectivity index (χ3n) is 1.29. The first kappa shape index (κ1) is 13.3. The molecule has 0 aromatic carbocycles. The molecule has 0 aromatic heterocycles. The van der Waals surface area contributed by atoms with Gasteiger partial charge in [0.1, 0.15) is 0 Å². The summed E-state index contributed by atoms with van der Waals surface area (Å²) in [5, 5.41) is 0. The first-order valence-electron chi connectivity index (χ1n) is 3.48. The monoisotopic (exact) mass is 181 g/mol. The molecule has 0 fully saturated rings. The Morgan fingerprint density at radius 2 is 2.00 bits per heavy atom. The van der Waals surface area contributed by atoms with Crippen LogP contribution in [0.25, 0.3) is 0 Å². The van der Waals surface area contributed by atoms with Crippen molar-refractivity contribution in [3.05, 3.63) is 0 Å². The summed E-state index contributed by atoms with van der Waals surface area (Å²) in [4.78, 5) is 10.8. The summed E-state index contributed by atoms with van der Waals surface area (Å²) < 4.78 is 4.51. The standard InChI is InChI=1S/C7H15NO2.ClH/c1-5(2)4-6(8)7(9)10-3;/h5-6H,4,8H2,1-3H3;1H. The number of quaternary nitrogens is 1. The highest BCUT2D eigenvalue weighted by molar-refractivity contribution is 5.73. The van der Waals surface area contributed by atoms with Crippen LogP contribution in [0.3, 0.4) is 0 Å². The van der Waals surface area contributed by atoms with Gasteiger partial charge in [-0.25, -0.2) is 4.79 Å². The van der Waals surface area contributed by atoms with Crippen LogP contribution in [0.5, 0.6) is 0 Å². The zero-order chi connectivity index (χ0) is 8.15. The van der Waals surface area contributed by atoms with Crippen LogP contribution in [0.15, 0.2) is 0 Å². The molecule has 0 bridgehead atoms. The smallest absolute Gasteiger partial charge is 0.364 e. The highest BCUT2D eigenvalue weighted by atomic mass is 35.5. The van der Waals surface area contributed by atoms with Crippen molar-refractivity contribution in [1.82, 2.24) is 0 Å². The molecule has 0 rings (SSSR count). The first-order valence-corrected chi connectivity index (χ1v) is 3.48. The highest BCUT2D eigenvalue weighted by Crippen LogP contribution is 2.01. The van der Waals surface area contributed by atoms with Crippen LogP contribution < -0.4 is 18.1 Å². The number of carbonyl (C=O) groups excluding carboxylic acids is 1. The Balaban J connectivity index is 0. The first-order chi connectivity index (χ1) is 4.57. The number of rotatable bonds is 3. The van der Waals surface area contributed by atoms with Gasteiger partial charge in [0.15, 0.2) is 6.04 Å². The van der Waals surface area contributed by atoms with Gasteiger partial charge in [-0.05, 0) is 5.92 Å². The fourth-order valence-corrected chi connectivity index (χ4v) is 0.832. The number of esters is 1. The summed E-state index contributed by atoms with van der Waals surface area (Å²) in [7, 11) is 1.39. The van der Waals surface area contributed by atoms with Crippen LogP contribution in [-0.4, -0.2) is 19.1 Å². The molecule has 0 aromatic rings. The largest absolute Gasteiger partial charge is 1.00 e. The third kappa shape index (κ3) is 6.13. The maximum atomic E-state index is 10.8. The van der Waals surface area contributed by atoms with Crippen molar-refractivity contribution in [1.29, 1.82) is 0 Å². The number of methoxy groups -OCH3 is 1. The average molecular weight is 182 g/mol.